The molecule has 44 heavy (non-hydrogen) atoms. The van der Waals surface area contributed by atoms with Gasteiger partial charge >= 0.3 is 0 Å². The van der Waals surface area contributed by atoms with E-state index in [4.69, 9.17) is 0 Å². The molecule has 0 spiro atoms. The highest BCUT2D eigenvalue weighted by atomic mass is 19.1. The van der Waals surface area contributed by atoms with E-state index in [1.165, 1.54) is 18.2 Å². The van der Waals surface area contributed by atoms with Crippen LogP contribution >= 0.6 is 0 Å². The summed E-state index contributed by atoms with van der Waals surface area (Å²) in [6.07, 6.45) is 0.351. The zero-order valence-electron chi connectivity index (χ0n) is 24.8. The first-order chi connectivity index (χ1) is 21.3. The number of nitrogens with one attached hydrogen (secondary N) is 2. The second kappa shape index (κ2) is 11.8. The number of hydrogen-bond acceptors (Lipinski definition) is 3. The van der Waals surface area contributed by atoms with Gasteiger partial charge in [-0.25, -0.2) is 4.39 Å². The van der Waals surface area contributed by atoms with Crippen molar-refractivity contribution < 1.29 is 18.8 Å². The molecule has 0 fully saturated rings. The minimum Gasteiger partial charge on any atom is -0.343 e. The molecule has 2 unspecified atom stereocenters. The Bertz CT molecular complexity index is 1880. The van der Waals surface area contributed by atoms with Gasteiger partial charge in [-0.15, -0.1) is 0 Å². The first-order valence-electron chi connectivity index (χ1n) is 14.7. The van der Waals surface area contributed by atoms with Crippen LogP contribution in [0.2, 0.25) is 0 Å². The number of aromatic nitrogens is 1. The Kier molecular flexibility index (Phi) is 7.74. The molecule has 1 aliphatic heterocycles. The third-order valence-electron chi connectivity index (χ3n) is 8.18. The van der Waals surface area contributed by atoms with Crippen LogP contribution in [0.25, 0.3) is 22.2 Å². The Morgan fingerprint density at radius 3 is 2.32 bits per heavy atom. The lowest BCUT2D eigenvalue weighted by atomic mass is 9.91. The van der Waals surface area contributed by atoms with E-state index in [1.54, 1.807) is 11.0 Å². The maximum absolute atomic E-state index is 14.3. The van der Waals surface area contributed by atoms with Gasteiger partial charge in [0.25, 0.3) is 17.7 Å². The number of carbonyl (C=O) groups excluding carboxylic acids is 3. The molecule has 5 aromatic rings. The SMILES string of the molecule is CC(C)CC(C(=O)NNC(=O)c1cccc(F)c1)N1C(=O)c2ccccc2C1c1c(-c2ccccc2)n(C)c2ccccc12. The summed E-state index contributed by atoms with van der Waals surface area (Å²) in [4.78, 5) is 42.7. The Balaban J connectivity index is 1.48. The van der Waals surface area contributed by atoms with Crippen molar-refractivity contribution in [2.24, 2.45) is 13.0 Å². The first-order valence-corrected chi connectivity index (χ1v) is 14.7. The molecule has 0 saturated heterocycles. The fraction of sp³-hybridized carbons (Fsp3) is 0.194. The highest BCUT2D eigenvalue weighted by molar-refractivity contribution is 6.05. The molecule has 0 aliphatic carbocycles. The Labute approximate surface area is 255 Å². The number of carbonyl (C=O) groups is 3. The standard InChI is InChI=1S/C36H33FN4O3/c1-22(2)20-30(35(43)39-38-34(42)24-14-11-15-25(37)21-24)41-33(26-16-7-8-17-27(26)36(41)44)31-28-18-9-10-19-29(28)40(3)32(31)23-12-5-4-6-13-23/h4-19,21-22,30,33H,20H2,1-3H3,(H,38,42)(H,39,43). The smallest absolute Gasteiger partial charge is 0.269 e. The summed E-state index contributed by atoms with van der Waals surface area (Å²) in [6, 6.07) is 29.3. The van der Waals surface area contributed by atoms with E-state index >= 15 is 0 Å². The number of halogens is 1. The van der Waals surface area contributed by atoms with Gasteiger partial charge in [-0.05, 0) is 53.8 Å². The van der Waals surface area contributed by atoms with E-state index in [2.05, 4.69) is 27.6 Å². The molecule has 1 aromatic heterocycles. The van der Waals surface area contributed by atoms with Gasteiger partial charge < -0.3 is 9.47 Å². The minimum absolute atomic E-state index is 0.0444. The predicted molar refractivity (Wildman–Crippen MR) is 168 cm³/mol. The van der Waals surface area contributed by atoms with Crippen LogP contribution in [-0.2, 0) is 11.8 Å². The van der Waals surface area contributed by atoms with Crippen LogP contribution in [0.5, 0.6) is 0 Å². The van der Waals surface area contributed by atoms with Crippen molar-refractivity contribution in [2.45, 2.75) is 32.4 Å². The van der Waals surface area contributed by atoms with Crippen molar-refractivity contribution in [1.82, 2.24) is 20.3 Å². The Hall–Kier alpha value is -5.24. The van der Waals surface area contributed by atoms with Gasteiger partial charge in [-0.1, -0.05) is 86.6 Å². The molecular weight excluding hydrogens is 555 g/mol. The molecule has 4 aromatic carbocycles. The summed E-state index contributed by atoms with van der Waals surface area (Å²) in [5, 5.41) is 0.983. The van der Waals surface area contributed by atoms with Crippen molar-refractivity contribution in [3.8, 4) is 11.3 Å². The summed E-state index contributed by atoms with van der Waals surface area (Å²) in [7, 11) is 2.02. The average Bonchev–Trinajstić information content (AvgIpc) is 3.49. The molecule has 222 valence electrons. The molecule has 2 heterocycles. The molecule has 0 bridgehead atoms. The lowest BCUT2D eigenvalue weighted by Gasteiger charge is -2.34. The van der Waals surface area contributed by atoms with Gasteiger partial charge in [0.05, 0.1) is 11.7 Å². The summed E-state index contributed by atoms with van der Waals surface area (Å²) in [6.45, 7) is 3.98. The van der Waals surface area contributed by atoms with Crippen LogP contribution in [0.3, 0.4) is 0 Å². The van der Waals surface area contributed by atoms with Crippen LogP contribution in [0.1, 0.15) is 58.2 Å². The number of rotatable bonds is 7. The second-order valence-electron chi connectivity index (χ2n) is 11.5. The summed E-state index contributed by atoms with van der Waals surface area (Å²) in [5.74, 6) is -1.96. The number of para-hydroxylation sites is 1. The van der Waals surface area contributed by atoms with E-state index in [0.29, 0.717) is 12.0 Å². The molecule has 2 N–H and O–H groups in total. The van der Waals surface area contributed by atoms with Gasteiger partial charge in [0.1, 0.15) is 11.9 Å². The molecule has 2 atom stereocenters. The van der Waals surface area contributed by atoms with Crippen molar-refractivity contribution >= 4 is 28.6 Å². The van der Waals surface area contributed by atoms with E-state index < -0.39 is 29.7 Å². The number of hydrogen-bond donors (Lipinski definition) is 2. The summed E-state index contributed by atoms with van der Waals surface area (Å²) < 4.78 is 15.9. The monoisotopic (exact) mass is 588 g/mol. The molecule has 8 heteroatoms. The van der Waals surface area contributed by atoms with Crippen molar-refractivity contribution in [3.63, 3.8) is 0 Å². The number of hydrazine groups is 1. The van der Waals surface area contributed by atoms with Gasteiger partial charge in [0, 0.05) is 34.6 Å². The maximum Gasteiger partial charge on any atom is 0.269 e. The fourth-order valence-electron chi connectivity index (χ4n) is 6.29. The highest BCUT2D eigenvalue weighted by Gasteiger charge is 2.46. The normalized spacial score (nSPS) is 15.0. The molecule has 0 saturated carbocycles. The zero-order chi connectivity index (χ0) is 31.0. The Morgan fingerprint density at radius 1 is 0.864 bits per heavy atom. The molecule has 7 nitrogen and oxygen atoms in total. The number of benzene rings is 4. The maximum atomic E-state index is 14.3. The van der Waals surface area contributed by atoms with Gasteiger partial charge in [-0.3, -0.25) is 25.2 Å². The summed E-state index contributed by atoms with van der Waals surface area (Å²) in [5.41, 5.74) is 10.2. The van der Waals surface area contributed by atoms with Crippen LogP contribution in [0.15, 0.2) is 103 Å². The van der Waals surface area contributed by atoms with Gasteiger partial charge in [0.2, 0.25) is 0 Å². The van der Waals surface area contributed by atoms with E-state index in [0.717, 1.165) is 39.4 Å². The number of amides is 3. The van der Waals surface area contributed by atoms with Crippen molar-refractivity contribution in [2.75, 3.05) is 0 Å². The fourth-order valence-corrected chi connectivity index (χ4v) is 6.29. The summed E-state index contributed by atoms with van der Waals surface area (Å²) >= 11 is 0. The van der Waals surface area contributed by atoms with E-state index in [1.807, 2.05) is 81.6 Å². The lowest BCUT2D eigenvalue weighted by Crippen LogP contribution is -2.54. The predicted octanol–water partition coefficient (Wildman–Crippen LogP) is 6.41. The van der Waals surface area contributed by atoms with Crippen molar-refractivity contribution in [1.29, 1.82) is 0 Å². The number of nitrogens with zero attached hydrogens (tertiary/aromatic N) is 2. The molecule has 6 rings (SSSR count). The quantitative estimate of drug-likeness (QED) is 0.216. The highest BCUT2D eigenvalue weighted by Crippen LogP contribution is 2.47. The largest absolute Gasteiger partial charge is 0.343 e. The van der Waals surface area contributed by atoms with E-state index in [-0.39, 0.29) is 17.4 Å². The first kappa shape index (κ1) is 28.9. The molecule has 3 amide bonds. The topological polar surface area (TPSA) is 83.4 Å². The van der Waals surface area contributed by atoms with E-state index in [9.17, 15) is 18.8 Å². The minimum atomic E-state index is -0.921. The lowest BCUT2D eigenvalue weighted by molar-refractivity contribution is -0.127. The third-order valence-corrected chi connectivity index (χ3v) is 8.18. The van der Waals surface area contributed by atoms with Gasteiger partial charge in [0.15, 0.2) is 0 Å². The molecular formula is C36H33FN4O3. The van der Waals surface area contributed by atoms with Crippen LogP contribution in [0, 0.1) is 11.7 Å². The Morgan fingerprint density at radius 2 is 1.57 bits per heavy atom. The van der Waals surface area contributed by atoms with Crippen LogP contribution < -0.4 is 10.9 Å². The molecule has 1 aliphatic rings. The zero-order valence-corrected chi connectivity index (χ0v) is 24.8. The van der Waals surface area contributed by atoms with Crippen molar-refractivity contribution in [3.05, 3.63) is 131 Å². The third kappa shape index (κ3) is 5.13. The molecule has 0 radical (unpaired) electrons. The number of fused-ring (bicyclic) bond motifs is 2. The number of aryl methyl sites for hydroxylation is 1. The van der Waals surface area contributed by atoms with Crippen LogP contribution in [0.4, 0.5) is 4.39 Å². The van der Waals surface area contributed by atoms with Gasteiger partial charge in [-0.2, -0.15) is 0 Å². The average molecular weight is 589 g/mol. The van der Waals surface area contributed by atoms with Crippen LogP contribution in [-0.4, -0.2) is 33.2 Å². The second-order valence-corrected chi connectivity index (χ2v) is 11.5.